The molecule has 1 amide bonds. The lowest BCUT2D eigenvalue weighted by molar-refractivity contribution is -0.386. The second-order valence-electron chi connectivity index (χ2n) is 6.70. The maximum atomic E-state index is 12.5. The van der Waals surface area contributed by atoms with Crippen LogP contribution >= 0.6 is 0 Å². The van der Waals surface area contributed by atoms with Gasteiger partial charge >= 0.3 is 5.69 Å². The number of furan rings is 1. The predicted molar refractivity (Wildman–Crippen MR) is 90.5 cm³/mol. The number of carbonyl (C=O) groups excluding carboxylic acids is 1. The molecular formula is C17H22N4O4. The molecule has 0 N–H and O–H groups in total. The minimum absolute atomic E-state index is 0.0187. The number of amides is 1. The van der Waals surface area contributed by atoms with Crippen LogP contribution < -0.4 is 0 Å². The number of hydrogen-bond acceptors (Lipinski definition) is 5. The summed E-state index contributed by atoms with van der Waals surface area (Å²) in [6, 6.07) is 3.39. The number of likely N-dealkylation sites (tertiary alicyclic amines) is 1. The van der Waals surface area contributed by atoms with E-state index >= 15 is 0 Å². The van der Waals surface area contributed by atoms with Gasteiger partial charge in [0, 0.05) is 13.1 Å². The summed E-state index contributed by atoms with van der Waals surface area (Å²) in [7, 11) is 0. The number of aryl methyl sites for hydroxylation is 1. The summed E-state index contributed by atoms with van der Waals surface area (Å²) in [5, 5.41) is 15.3. The Morgan fingerprint density at radius 3 is 2.84 bits per heavy atom. The fraction of sp³-hybridized carbons (Fsp3) is 0.529. The maximum absolute atomic E-state index is 12.5. The zero-order valence-electron chi connectivity index (χ0n) is 14.7. The summed E-state index contributed by atoms with van der Waals surface area (Å²) in [5.41, 5.74) is 0.856. The van der Waals surface area contributed by atoms with Crippen molar-refractivity contribution in [3.63, 3.8) is 0 Å². The summed E-state index contributed by atoms with van der Waals surface area (Å²) < 4.78 is 7.21. The van der Waals surface area contributed by atoms with Crippen LogP contribution in [0.1, 0.15) is 47.5 Å². The molecule has 1 atom stereocenters. The predicted octanol–water partition coefficient (Wildman–Crippen LogP) is 2.92. The Morgan fingerprint density at radius 2 is 2.20 bits per heavy atom. The molecule has 2 aromatic rings. The first kappa shape index (κ1) is 17.2. The molecule has 134 valence electrons. The molecule has 1 saturated heterocycles. The van der Waals surface area contributed by atoms with Gasteiger partial charge in [0.25, 0.3) is 5.91 Å². The summed E-state index contributed by atoms with van der Waals surface area (Å²) in [6.07, 6.45) is 2.15. The Hall–Kier alpha value is -2.64. The highest BCUT2D eigenvalue weighted by atomic mass is 16.6. The van der Waals surface area contributed by atoms with Crippen molar-refractivity contribution in [3.8, 4) is 0 Å². The van der Waals surface area contributed by atoms with Crippen LogP contribution in [0.25, 0.3) is 0 Å². The first-order valence-electron chi connectivity index (χ1n) is 8.43. The van der Waals surface area contributed by atoms with Crippen molar-refractivity contribution in [3.05, 3.63) is 45.2 Å². The lowest BCUT2D eigenvalue weighted by Crippen LogP contribution is -2.38. The summed E-state index contributed by atoms with van der Waals surface area (Å²) in [6.45, 7) is 7.16. The second kappa shape index (κ2) is 6.70. The summed E-state index contributed by atoms with van der Waals surface area (Å²) in [5.74, 6) is 1.26. The summed E-state index contributed by atoms with van der Waals surface area (Å²) >= 11 is 0. The van der Waals surface area contributed by atoms with Crippen LogP contribution in [-0.2, 0) is 6.54 Å². The van der Waals surface area contributed by atoms with E-state index in [0.717, 1.165) is 25.9 Å². The van der Waals surface area contributed by atoms with E-state index in [0.29, 0.717) is 28.8 Å². The molecule has 1 aliphatic heterocycles. The Labute approximate surface area is 145 Å². The Morgan fingerprint density at radius 1 is 1.44 bits per heavy atom. The average Bonchev–Trinajstić information content (AvgIpc) is 3.12. The number of nitrogens with zero attached hydrogens (tertiary/aromatic N) is 4. The largest absolute Gasteiger partial charge is 0.454 e. The molecular weight excluding hydrogens is 324 g/mol. The topological polar surface area (TPSA) is 94.4 Å². The van der Waals surface area contributed by atoms with Gasteiger partial charge < -0.3 is 9.32 Å². The molecule has 1 aliphatic rings. The van der Waals surface area contributed by atoms with Crippen molar-refractivity contribution in [1.82, 2.24) is 14.7 Å². The van der Waals surface area contributed by atoms with Gasteiger partial charge in [-0.15, -0.1) is 0 Å². The highest BCUT2D eigenvalue weighted by Crippen LogP contribution is 2.23. The molecule has 0 aromatic carbocycles. The van der Waals surface area contributed by atoms with Crippen molar-refractivity contribution in [2.45, 2.75) is 40.2 Å². The van der Waals surface area contributed by atoms with Gasteiger partial charge in [-0.3, -0.25) is 19.6 Å². The highest BCUT2D eigenvalue weighted by Gasteiger charge is 2.25. The quantitative estimate of drug-likeness (QED) is 0.626. The number of piperidine rings is 1. The van der Waals surface area contributed by atoms with E-state index in [-0.39, 0.29) is 18.1 Å². The molecule has 3 rings (SSSR count). The standard InChI is InChI=1S/C17H22N4O4/c1-11-5-4-8-19(9-11)17(22)15-7-6-14(25-15)10-20-13(3)16(21(23)24)12(2)18-20/h6-7,11H,4-5,8-10H2,1-3H3/t11-/m1/s1. The Bertz CT molecular complexity index is 808. The Balaban J connectivity index is 1.75. The van der Waals surface area contributed by atoms with Gasteiger partial charge in [-0.25, -0.2) is 0 Å². The first-order valence-corrected chi connectivity index (χ1v) is 8.43. The van der Waals surface area contributed by atoms with Crippen LogP contribution in [-0.4, -0.2) is 38.6 Å². The fourth-order valence-corrected chi connectivity index (χ4v) is 3.36. The van der Waals surface area contributed by atoms with Crippen LogP contribution in [0.15, 0.2) is 16.5 Å². The highest BCUT2D eigenvalue weighted by molar-refractivity contribution is 5.91. The SMILES string of the molecule is Cc1nn(Cc2ccc(C(=O)N3CCC[C@@H](C)C3)o2)c(C)c1[N+](=O)[O-]. The molecule has 8 heteroatoms. The average molecular weight is 346 g/mol. The number of hydrogen-bond donors (Lipinski definition) is 0. The first-order chi connectivity index (χ1) is 11.9. The maximum Gasteiger partial charge on any atom is 0.312 e. The third-order valence-corrected chi connectivity index (χ3v) is 4.65. The fourth-order valence-electron chi connectivity index (χ4n) is 3.36. The molecule has 0 unspecified atom stereocenters. The van der Waals surface area contributed by atoms with Crippen molar-refractivity contribution >= 4 is 11.6 Å². The monoisotopic (exact) mass is 346 g/mol. The lowest BCUT2D eigenvalue weighted by atomic mass is 10.0. The number of aromatic nitrogens is 2. The van der Waals surface area contributed by atoms with E-state index in [1.165, 1.54) is 4.68 Å². The van der Waals surface area contributed by atoms with Crippen molar-refractivity contribution in [1.29, 1.82) is 0 Å². The van der Waals surface area contributed by atoms with Gasteiger partial charge in [0.2, 0.25) is 0 Å². The van der Waals surface area contributed by atoms with Gasteiger partial charge in [-0.05, 0) is 44.7 Å². The van der Waals surface area contributed by atoms with Crippen LogP contribution in [0.2, 0.25) is 0 Å². The molecule has 2 aromatic heterocycles. The number of rotatable bonds is 4. The molecule has 8 nitrogen and oxygen atoms in total. The molecule has 0 aliphatic carbocycles. The van der Waals surface area contributed by atoms with Crippen LogP contribution in [0, 0.1) is 29.9 Å². The van der Waals surface area contributed by atoms with E-state index in [1.807, 2.05) is 4.90 Å². The third kappa shape index (κ3) is 3.42. The molecule has 0 saturated carbocycles. The Kier molecular flexibility index (Phi) is 4.61. The smallest absolute Gasteiger partial charge is 0.312 e. The second-order valence-corrected chi connectivity index (χ2v) is 6.70. The number of nitro groups is 1. The van der Waals surface area contributed by atoms with E-state index in [1.54, 1.807) is 26.0 Å². The number of carbonyl (C=O) groups is 1. The zero-order valence-corrected chi connectivity index (χ0v) is 14.7. The minimum atomic E-state index is -0.428. The molecule has 0 radical (unpaired) electrons. The normalized spacial score (nSPS) is 17.7. The van der Waals surface area contributed by atoms with Crippen molar-refractivity contribution in [2.75, 3.05) is 13.1 Å². The lowest BCUT2D eigenvalue weighted by Gasteiger charge is -2.30. The molecule has 25 heavy (non-hydrogen) atoms. The van der Waals surface area contributed by atoms with Gasteiger partial charge in [0.05, 0.1) is 11.5 Å². The van der Waals surface area contributed by atoms with Crippen LogP contribution in [0.3, 0.4) is 0 Å². The van der Waals surface area contributed by atoms with Gasteiger partial charge in [0.1, 0.15) is 17.1 Å². The van der Waals surface area contributed by atoms with Crippen molar-refractivity contribution in [2.24, 2.45) is 5.92 Å². The van der Waals surface area contributed by atoms with Crippen molar-refractivity contribution < 1.29 is 14.1 Å². The minimum Gasteiger partial charge on any atom is -0.454 e. The molecule has 0 spiro atoms. The zero-order chi connectivity index (χ0) is 18.1. The van der Waals surface area contributed by atoms with E-state index in [9.17, 15) is 14.9 Å². The van der Waals surface area contributed by atoms with Gasteiger partial charge in [-0.1, -0.05) is 6.92 Å². The van der Waals surface area contributed by atoms with Gasteiger partial charge in [-0.2, -0.15) is 5.10 Å². The molecule has 3 heterocycles. The van der Waals surface area contributed by atoms with E-state index in [4.69, 9.17) is 4.42 Å². The summed E-state index contributed by atoms with van der Waals surface area (Å²) in [4.78, 5) is 25.0. The van der Waals surface area contributed by atoms with Gasteiger partial charge in [0.15, 0.2) is 5.76 Å². The molecule has 1 fully saturated rings. The van der Waals surface area contributed by atoms with Crippen LogP contribution in [0.4, 0.5) is 5.69 Å². The van der Waals surface area contributed by atoms with E-state index in [2.05, 4.69) is 12.0 Å². The van der Waals surface area contributed by atoms with E-state index < -0.39 is 4.92 Å². The molecule has 0 bridgehead atoms. The third-order valence-electron chi connectivity index (χ3n) is 4.65. The van der Waals surface area contributed by atoms with Crippen LogP contribution in [0.5, 0.6) is 0 Å².